The lowest BCUT2D eigenvalue weighted by Gasteiger charge is -2.31. The van der Waals surface area contributed by atoms with Crippen LogP contribution in [-0.4, -0.2) is 27.9 Å². The predicted octanol–water partition coefficient (Wildman–Crippen LogP) is 2.04. The number of amides is 1. The number of hydrogen-bond donors (Lipinski definition) is 2. The lowest BCUT2D eigenvalue weighted by Crippen LogP contribution is -2.43. The Kier molecular flexibility index (Phi) is 3.45. The molecule has 0 radical (unpaired) electrons. The van der Waals surface area contributed by atoms with Crippen molar-refractivity contribution in [2.24, 2.45) is 5.84 Å². The second kappa shape index (κ2) is 4.74. The normalized spacial score (nSPS) is 17.9. The maximum absolute atomic E-state index is 12.5. The number of hydrazine groups is 1. The van der Waals surface area contributed by atoms with Crippen LogP contribution in [0.3, 0.4) is 0 Å². The number of nitrogens with two attached hydrogens (primary N) is 1. The first-order valence-electron chi connectivity index (χ1n) is 5.91. The van der Waals surface area contributed by atoms with E-state index in [4.69, 9.17) is 17.4 Å². The van der Waals surface area contributed by atoms with Crippen molar-refractivity contribution in [3.63, 3.8) is 0 Å². The van der Waals surface area contributed by atoms with Crippen LogP contribution in [0.2, 0.25) is 5.02 Å². The molecule has 6 heteroatoms. The van der Waals surface area contributed by atoms with Gasteiger partial charge in [-0.1, -0.05) is 11.6 Å². The number of aromatic nitrogens is 1. The Balaban J connectivity index is 2.34. The molecule has 0 atom stereocenters. The first-order chi connectivity index (χ1) is 8.45. The van der Waals surface area contributed by atoms with Crippen LogP contribution in [0.5, 0.6) is 0 Å². The Morgan fingerprint density at radius 2 is 2.28 bits per heavy atom. The van der Waals surface area contributed by atoms with E-state index in [1.165, 1.54) is 0 Å². The fourth-order valence-electron chi connectivity index (χ4n) is 2.28. The molecule has 0 bridgehead atoms. The second-order valence-electron chi connectivity index (χ2n) is 5.04. The SMILES string of the molecule is CC1(C)CCCN1C(=O)c1nc(NN)ccc1Cl. The van der Waals surface area contributed by atoms with Gasteiger partial charge in [0, 0.05) is 12.1 Å². The van der Waals surface area contributed by atoms with Crippen molar-refractivity contribution in [2.75, 3.05) is 12.0 Å². The molecule has 1 fully saturated rings. The van der Waals surface area contributed by atoms with Crippen molar-refractivity contribution in [1.82, 2.24) is 9.88 Å². The monoisotopic (exact) mass is 268 g/mol. The van der Waals surface area contributed by atoms with E-state index >= 15 is 0 Å². The summed E-state index contributed by atoms with van der Waals surface area (Å²) in [7, 11) is 0. The van der Waals surface area contributed by atoms with Crippen LogP contribution in [0.4, 0.5) is 5.82 Å². The van der Waals surface area contributed by atoms with E-state index < -0.39 is 0 Å². The molecular weight excluding hydrogens is 252 g/mol. The van der Waals surface area contributed by atoms with E-state index in [1.807, 2.05) is 4.90 Å². The van der Waals surface area contributed by atoms with Crippen LogP contribution < -0.4 is 11.3 Å². The Labute approximate surface area is 111 Å². The molecule has 1 amide bonds. The van der Waals surface area contributed by atoms with Crippen molar-refractivity contribution in [3.05, 3.63) is 22.8 Å². The van der Waals surface area contributed by atoms with E-state index in [9.17, 15) is 4.79 Å². The summed E-state index contributed by atoms with van der Waals surface area (Å²) >= 11 is 6.04. The lowest BCUT2D eigenvalue weighted by molar-refractivity contribution is 0.0646. The van der Waals surface area contributed by atoms with E-state index in [-0.39, 0.29) is 17.1 Å². The van der Waals surface area contributed by atoms with Crippen molar-refractivity contribution in [2.45, 2.75) is 32.2 Å². The van der Waals surface area contributed by atoms with Crippen LogP contribution in [0.15, 0.2) is 12.1 Å². The van der Waals surface area contributed by atoms with Gasteiger partial charge in [0.05, 0.1) is 5.02 Å². The number of nitrogens with zero attached hydrogens (tertiary/aromatic N) is 2. The van der Waals surface area contributed by atoms with Gasteiger partial charge in [0.1, 0.15) is 11.5 Å². The van der Waals surface area contributed by atoms with Gasteiger partial charge in [0.2, 0.25) is 0 Å². The quantitative estimate of drug-likeness (QED) is 0.636. The first-order valence-corrected chi connectivity index (χ1v) is 6.28. The molecule has 0 aromatic carbocycles. The van der Waals surface area contributed by atoms with E-state index in [1.54, 1.807) is 12.1 Å². The van der Waals surface area contributed by atoms with Gasteiger partial charge >= 0.3 is 0 Å². The van der Waals surface area contributed by atoms with Gasteiger partial charge < -0.3 is 10.3 Å². The number of halogens is 1. The molecule has 1 aromatic rings. The van der Waals surface area contributed by atoms with Crippen molar-refractivity contribution in [1.29, 1.82) is 0 Å². The van der Waals surface area contributed by atoms with Crippen LogP contribution in [-0.2, 0) is 0 Å². The third-order valence-electron chi connectivity index (χ3n) is 3.34. The number of likely N-dealkylation sites (tertiary alicyclic amines) is 1. The maximum Gasteiger partial charge on any atom is 0.274 e. The van der Waals surface area contributed by atoms with Gasteiger partial charge in [-0.25, -0.2) is 10.8 Å². The molecular formula is C12H17ClN4O. The Bertz CT molecular complexity index is 475. The summed E-state index contributed by atoms with van der Waals surface area (Å²) in [5.74, 6) is 5.59. The van der Waals surface area contributed by atoms with Crippen molar-refractivity contribution in [3.8, 4) is 0 Å². The van der Waals surface area contributed by atoms with Crippen molar-refractivity contribution >= 4 is 23.3 Å². The molecule has 3 N–H and O–H groups in total. The molecule has 2 rings (SSSR count). The number of rotatable bonds is 2. The third kappa shape index (κ3) is 2.28. The molecule has 1 saturated heterocycles. The van der Waals surface area contributed by atoms with E-state index in [0.717, 1.165) is 19.4 Å². The first kappa shape index (κ1) is 13.1. The fourth-order valence-corrected chi connectivity index (χ4v) is 2.47. The molecule has 0 spiro atoms. The molecule has 2 heterocycles. The van der Waals surface area contributed by atoms with Crippen LogP contribution >= 0.6 is 11.6 Å². The van der Waals surface area contributed by atoms with Crippen LogP contribution in [0.1, 0.15) is 37.2 Å². The van der Waals surface area contributed by atoms with Gasteiger partial charge in [-0.05, 0) is 38.8 Å². The summed E-state index contributed by atoms with van der Waals surface area (Å²) in [5, 5.41) is 0.349. The van der Waals surface area contributed by atoms with Gasteiger partial charge in [-0.3, -0.25) is 4.79 Å². The highest BCUT2D eigenvalue weighted by Crippen LogP contribution is 2.31. The third-order valence-corrected chi connectivity index (χ3v) is 3.65. The zero-order valence-electron chi connectivity index (χ0n) is 10.5. The number of pyridine rings is 1. The molecule has 5 nitrogen and oxygen atoms in total. The zero-order valence-corrected chi connectivity index (χ0v) is 11.3. The highest BCUT2D eigenvalue weighted by Gasteiger charge is 2.37. The van der Waals surface area contributed by atoms with Gasteiger partial charge in [-0.2, -0.15) is 0 Å². The Morgan fingerprint density at radius 3 is 2.83 bits per heavy atom. The average molecular weight is 269 g/mol. The lowest BCUT2D eigenvalue weighted by atomic mass is 10.0. The Hall–Kier alpha value is -1.33. The van der Waals surface area contributed by atoms with E-state index in [0.29, 0.717) is 10.8 Å². The summed E-state index contributed by atoms with van der Waals surface area (Å²) in [6.07, 6.45) is 2.00. The largest absolute Gasteiger partial charge is 0.332 e. The molecule has 98 valence electrons. The number of nitrogen functional groups attached to an aromatic ring is 1. The molecule has 0 saturated carbocycles. The van der Waals surface area contributed by atoms with Crippen LogP contribution in [0.25, 0.3) is 0 Å². The number of nitrogens with one attached hydrogen (secondary N) is 1. The molecule has 1 aromatic heterocycles. The number of hydrogen-bond acceptors (Lipinski definition) is 4. The topological polar surface area (TPSA) is 71.2 Å². The molecule has 0 unspecified atom stereocenters. The smallest absolute Gasteiger partial charge is 0.274 e. The minimum Gasteiger partial charge on any atom is -0.332 e. The molecule has 1 aliphatic heterocycles. The zero-order chi connectivity index (χ0) is 13.3. The van der Waals surface area contributed by atoms with Crippen molar-refractivity contribution < 1.29 is 4.79 Å². The van der Waals surface area contributed by atoms with Crippen LogP contribution in [0, 0.1) is 0 Å². The Morgan fingerprint density at radius 1 is 1.56 bits per heavy atom. The minimum atomic E-state index is -0.145. The van der Waals surface area contributed by atoms with Gasteiger partial charge in [-0.15, -0.1) is 0 Å². The summed E-state index contributed by atoms with van der Waals surface area (Å²) < 4.78 is 0. The molecule has 18 heavy (non-hydrogen) atoms. The molecule has 1 aliphatic rings. The summed E-state index contributed by atoms with van der Waals surface area (Å²) in [5.41, 5.74) is 2.53. The minimum absolute atomic E-state index is 0.139. The fraction of sp³-hybridized carbons (Fsp3) is 0.500. The summed E-state index contributed by atoms with van der Waals surface area (Å²) in [4.78, 5) is 18.4. The molecule has 0 aliphatic carbocycles. The van der Waals surface area contributed by atoms with Gasteiger partial charge in [0.15, 0.2) is 0 Å². The second-order valence-corrected chi connectivity index (χ2v) is 5.45. The van der Waals surface area contributed by atoms with E-state index in [2.05, 4.69) is 24.3 Å². The highest BCUT2D eigenvalue weighted by atomic mass is 35.5. The highest BCUT2D eigenvalue weighted by molar-refractivity contribution is 6.33. The number of carbonyl (C=O) groups excluding carboxylic acids is 1. The average Bonchev–Trinajstić information content (AvgIpc) is 2.69. The predicted molar refractivity (Wildman–Crippen MR) is 71.4 cm³/mol. The number of carbonyl (C=O) groups is 1. The summed E-state index contributed by atoms with van der Waals surface area (Å²) in [6, 6.07) is 3.26. The maximum atomic E-state index is 12.5. The number of anilines is 1. The summed E-state index contributed by atoms with van der Waals surface area (Å²) in [6.45, 7) is 4.85. The standard InChI is InChI=1S/C12H17ClN4O/c1-12(2)6-3-7-17(12)11(18)10-8(13)4-5-9(15-10)16-14/h4-5H,3,6-7,14H2,1-2H3,(H,15,16). The van der Waals surface area contributed by atoms with Gasteiger partial charge in [0.25, 0.3) is 5.91 Å².